The number of benzene rings is 2. The van der Waals surface area contributed by atoms with E-state index in [0.29, 0.717) is 0 Å². The fourth-order valence-electron chi connectivity index (χ4n) is 2.34. The first-order chi connectivity index (χ1) is 15.4. The van der Waals surface area contributed by atoms with Gasteiger partial charge in [-0.3, -0.25) is 25.8 Å². The second-order valence-electron chi connectivity index (χ2n) is 6.04. The van der Waals surface area contributed by atoms with Gasteiger partial charge in [0.1, 0.15) is 22.8 Å². The summed E-state index contributed by atoms with van der Waals surface area (Å²) in [5, 5.41) is 1.98. The third kappa shape index (κ3) is 6.41. The lowest BCUT2D eigenvalue weighted by molar-refractivity contribution is -0.360. The monoisotopic (exact) mass is 493 g/mol. The number of methoxy groups -OCH3 is 2. The standard InChI is InChI=1S/C19H16F5N3O5S/c1-30-12-4-3-5-13(31-2)14(12)16(29)25-17(33)27-26-15(28)10-6-8-11(9-7-10)32-19(23,24)18(20,21)22/h3-9H,1-2H3,(H,26,28)(H2,25,27,29,33). The molecule has 0 fully saturated rings. The minimum atomic E-state index is -5.90. The number of alkyl halides is 5. The van der Waals surface area contributed by atoms with Crippen LogP contribution >= 0.6 is 12.2 Å². The van der Waals surface area contributed by atoms with Crippen LogP contribution < -0.4 is 30.4 Å². The van der Waals surface area contributed by atoms with Crippen LogP contribution in [0.3, 0.4) is 0 Å². The second kappa shape index (κ2) is 10.3. The largest absolute Gasteiger partial charge is 0.499 e. The molecule has 2 aromatic carbocycles. The highest BCUT2D eigenvalue weighted by molar-refractivity contribution is 7.80. The number of halogens is 5. The molecule has 0 aliphatic rings. The molecule has 8 nitrogen and oxygen atoms in total. The Morgan fingerprint density at radius 2 is 1.39 bits per heavy atom. The number of nitrogens with one attached hydrogen (secondary N) is 3. The van der Waals surface area contributed by atoms with Crippen molar-refractivity contribution < 1.29 is 45.8 Å². The highest BCUT2D eigenvalue weighted by atomic mass is 32.1. The van der Waals surface area contributed by atoms with Crippen LogP contribution in [0, 0.1) is 0 Å². The fraction of sp³-hybridized carbons (Fsp3) is 0.211. The zero-order valence-corrected chi connectivity index (χ0v) is 17.7. The molecule has 14 heteroatoms. The summed E-state index contributed by atoms with van der Waals surface area (Å²) in [6, 6.07) is 8.04. The van der Waals surface area contributed by atoms with Crippen LogP contribution in [0.4, 0.5) is 22.0 Å². The number of carbonyl (C=O) groups excluding carboxylic acids is 2. The third-order valence-electron chi connectivity index (χ3n) is 3.86. The summed E-state index contributed by atoms with van der Waals surface area (Å²) in [6.45, 7) is 0. The predicted octanol–water partition coefficient (Wildman–Crippen LogP) is 3.19. The summed E-state index contributed by atoms with van der Waals surface area (Å²) >= 11 is 4.92. The Morgan fingerprint density at radius 3 is 1.88 bits per heavy atom. The lowest BCUT2D eigenvalue weighted by Crippen LogP contribution is -2.48. The van der Waals surface area contributed by atoms with Gasteiger partial charge in [-0.2, -0.15) is 22.0 Å². The summed E-state index contributed by atoms with van der Waals surface area (Å²) in [5.41, 5.74) is 4.29. The van der Waals surface area contributed by atoms with Crippen LogP contribution in [0.5, 0.6) is 17.2 Å². The molecule has 0 saturated carbocycles. The van der Waals surface area contributed by atoms with E-state index in [2.05, 4.69) is 20.9 Å². The summed E-state index contributed by atoms with van der Waals surface area (Å²) in [4.78, 5) is 24.6. The molecule has 0 radical (unpaired) electrons. The number of hydrogen-bond donors (Lipinski definition) is 3. The Bertz CT molecular complexity index is 1010. The SMILES string of the molecule is COc1cccc(OC)c1C(=O)NC(=S)NNC(=O)c1ccc(OC(F)(F)C(F)(F)F)cc1. The van der Waals surface area contributed by atoms with E-state index in [4.69, 9.17) is 21.7 Å². The summed E-state index contributed by atoms with van der Waals surface area (Å²) in [6.07, 6.45) is -11.3. The number of thiocarbonyl (C=S) groups is 1. The summed E-state index contributed by atoms with van der Waals surface area (Å²) in [5.74, 6) is -1.94. The quantitative estimate of drug-likeness (QED) is 0.323. The second-order valence-corrected chi connectivity index (χ2v) is 6.45. The smallest absolute Gasteiger partial charge is 0.496 e. The molecule has 0 saturated heterocycles. The molecule has 0 unspecified atom stereocenters. The van der Waals surface area contributed by atoms with Gasteiger partial charge in [0.15, 0.2) is 5.11 Å². The van der Waals surface area contributed by atoms with Gasteiger partial charge < -0.3 is 14.2 Å². The molecule has 2 amide bonds. The van der Waals surface area contributed by atoms with Gasteiger partial charge in [0, 0.05) is 5.56 Å². The molecule has 33 heavy (non-hydrogen) atoms. The van der Waals surface area contributed by atoms with E-state index in [1.807, 2.05) is 0 Å². The zero-order chi connectivity index (χ0) is 24.8. The maximum atomic E-state index is 12.9. The Kier molecular flexibility index (Phi) is 7.98. The van der Waals surface area contributed by atoms with Crippen molar-refractivity contribution >= 4 is 29.1 Å². The van der Waals surface area contributed by atoms with Crippen LogP contribution in [0.15, 0.2) is 42.5 Å². The zero-order valence-electron chi connectivity index (χ0n) is 16.9. The van der Waals surface area contributed by atoms with Gasteiger partial charge in [0.25, 0.3) is 11.8 Å². The number of hydrogen-bond acceptors (Lipinski definition) is 6. The van der Waals surface area contributed by atoms with Crippen LogP contribution in [-0.4, -0.2) is 43.4 Å². The number of ether oxygens (including phenoxy) is 3. The molecule has 0 bridgehead atoms. The third-order valence-corrected chi connectivity index (χ3v) is 4.07. The van der Waals surface area contributed by atoms with E-state index < -0.39 is 29.8 Å². The van der Waals surface area contributed by atoms with Crippen molar-refractivity contribution in [2.24, 2.45) is 0 Å². The molecule has 0 aliphatic heterocycles. The van der Waals surface area contributed by atoms with E-state index >= 15 is 0 Å². The fourth-order valence-corrected chi connectivity index (χ4v) is 2.48. The average Bonchev–Trinajstić information content (AvgIpc) is 2.76. The van der Waals surface area contributed by atoms with Gasteiger partial charge in [0.05, 0.1) is 14.2 Å². The molecule has 3 N–H and O–H groups in total. The molecule has 2 rings (SSSR count). The first-order valence-electron chi connectivity index (χ1n) is 8.76. The molecule has 178 valence electrons. The number of amides is 2. The molecular weight excluding hydrogens is 477 g/mol. The minimum absolute atomic E-state index is 0.0456. The Balaban J connectivity index is 1.96. The lowest BCUT2D eigenvalue weighted by atomic mass is 10.1. The van der Waals surface area contributed by atoms with Crippen molar-refractivity contribution in [3.8, 4) is 17.2 Å². The number of rotatable bonds is 6. The topological polar surface area (TPSA) is 97.9 Å². The summed E-state index contributed by atoms with van der Waals surface area (Å²) < 4.78 is 76.2. The van der Waals surface area contributed by atoms with E-state index in [9.17, 15) is 31.5 Å². The number of hydrazine groups is 1. The van der Waals surface area contributed by atoms with Crippen molar-refractivity contribution in [3.05, 3.63) is 53.6 Å². The molecular formula is C19H16F5N3O5S. The van der Waals surface area contributed by atoms with Crippen molar-refractivity contribution in [1.82, 2.24) is 16.2 Å². The van der Waals surface area contributed by atoms with E-state index in [-0.39, 0.29) is 27.7 Å². The van der Waals surface area contributed by atoms with Crippen molar-refractivity contribution in [1.29, 1.82) is 0 Å². The lowest BCUT2D eigenvalue weighted by Gasteiger charge is -2.20. The van der Waals surface area contributed by atoms with Crippen molar-refractivity contribution in [2.45, 2.75) is 12.3 Å². The van der Waals surface area contributed by atoms with E-state index in [1.54, 1.807) is 6.07 Å². The highest BCUT2D eigenvalue weighted by Gasteiger charge is 2.61. The van der Waals surface area contributed by atoms with Gasteiger partial charge in [0.2, 0.25) is 0 Å². The predicted molar refractivity (Wildman–Crippen MR) is 108 cm³/mol. The highest BCUT2D eigenvalue weighted by Crippen LogP contribution is 2.37. The normalized spacial score (nSPS) is 11.2. The molecule has 0 heterocycles. The van der Waals surface area contributed by atoms with Crippen molar-refractivity contribution in [2.75, 3.05) is 14.2 Å². The maximum absolute atomic E-state index is 12.9. The van der Waals surface area contributed by atoms with E-state index in [0.717, 1.165) is 24.3 Å². The van der Waals surface area contributed by atoms with Crippen LogP contribution in [-0.2, 0) is 0 Å². The van der Waals surface area contributed by atoms with Gasteiger partial charge in [-0.25, -0.2) is 0 Å². The molecule has 0 aromatic heterocycles. The Hall–Kier alpha value is -3.68. The molecule has 0 atom stereocenters. The van der Waals surface area contributed by atoms with Gasteiger partial charge in [-0.1, -0.05) is 6.07 Å². The molecule has 0 spiro atoms. The first kappa shape index (κ1) is 25.6. The van der Waals surface area contributed by atoms with Gasteiger partial charge in [-0.15, -0.1) is 0 Å². The molecule has 2 aromatic rings. The minimum Gasteiger partial charge on any atom is -0.496 e. The van der Waals surface area contributed by atoms with Gasteiger partial charge >= 0.3 is 12.3 Å². The Morgan fingerprint density at radius 1 is 0.848 bits per heavy atom. The van der Waals surface area contributed by atoms with Crippen LogP contribution in [0.25, 0.3) is 0 Å². The first-order valence-corrected chi connectivity index (χ1v) is 9.16. The Labute approximate surface area is 189 Å². The van der Waals surface area contributed by atoms with E-state index in [1.165, 1.54) is 26.4 Å². The van der Waals surface area contributed by atoms with Crippen molar-refractivity contribution in [3.63, 3.8) is 0 Å². The number of carbonyl (C=O) groups is 2. The van der Waals surface area contributed by atoms with Crippen LogP contribution in [0.2, 0.25) is 0 Å². The average molecular weight is 493 g/mol. The van der Waals surface area contributed by atoms with Gasteiger partial charge in [-0.05, 0) is 48.6 Å². The maximum Gasteiger partial charge on any atom is 0.499 e. The molecule has 0 aliphatic carbocycles. The van der Waals surface area contributed by atoms with Crippen LogP contribution in [0.1, 0.15) is 20.7 Å². The summed E-state index contributed by atoms with van der Waals surface area (Å²) in [7, 11) is 2.70.